The summed E-state index contributed by atoms with van der Waals surface area (Å²) in [5, 5.41) is 0. The summed E-state index contributed by atoms with van der Waals surface area (Å²) >= 11 is 0. The minimum absolute atomic E-state index is 0.322. The van der Waals surface area contributed by atoms with E-state index in [4.69, 9.17) is 9.72 Å². The molecular formula is C31H24N2O. The maximum atomic E-state index is 5.98. The van der Waals surface area contributed by atoms with Crippen LogP contribution in [0.25, 0.3) is 22.3 Å². The van der Waals surface area contributed by atoms with Crippen molar-refractivity contribution in [2.45, 2.75) is 19.3 Å². The number of fused-ring (bicyclic) bond motifs is 3. The lowest BCUT2D eigenvalue weighted by molar-refractivity contribution is 0.463. The number of rotatable bonds is 4. The second-order valence-corrected chi connectivity index (χ2v) is 8.95. The number of hydrogen-bond donors (Lipinski definition) is 0. The Hall–Kier alpha value is -4.24. The standard InChI is InChI=1S/C31H24N2O/c1-21-13-16-29(33-20-21)31(2)27-11-4-3-10-25(27)26-15-14-23(19-28(26)31)22-8-7-9-24(18-22)34-30-12-5-6-17-32-30/h3-20H,1-2H3. The first kappa shape index (κ1) is 20.4. The van der Waals surface area contributed by atoms with Crippen molar-refractivity contribution in [1.29, 1.82) is 0 Å². The normalized spacial score (nSPS) is 16.1. The molecule has 6 rings (SSSR count). The van der Waals surface area contributed by atoms with Gasteiger partial charge in [0, 0.05) is 18.5 Å². The van der Waals surface area contributed by atoms with Gasteiger partial charge >= 0.3 is 0 Å². The zero-order valence-corrected chi connectivity index (χ0v) is 19.2. The molecule has 164 valence electrons. The Kier molecular flexibility index (Phi) is 4.77. The topological polar surface area (TPSA) is 35.0 Å². The van der Waals surface area contributed by atoms with E-state index < -0.39 is 0 Å². The van der Waals surface area contributed by atoms with Crippen LogP contribution in [0.3, 0.4) is 0 Å². The molecule has 1 unspecified atom stereocenters. The van der Waals surface area contributed by atoms with Crippen LogP contribution in [0.1, 0.15) is 29.3 Å². The van der Waals surface area contributed by atoms with Crippen LogP contribution in [0.4, 0.5) is 0 Å². The van der Waals surface area contributed by atoms with Crippen LogP contribution >= 0.6 is 0 Å². The Morgan fingerprint density at radius 3 is 2.32 bits per heavy atom. The third kappa shape index (κ3) is 3.29. The van der Waals surface area contributed by atoms with E-state index in [0.717, 1.165) is 28.1 Å². The molecule has 0 saturated carbocycles. The molecule has 5 aromatic rings. The second kappa shape index (κ2) is 7.96. The van der Waals surface area contributed by atoms with Gasteiger partial charge in [0.05, 0.1) is 11.1 Å². The first-order chi connectivity index (χ1) is 16.6. The van der Waals surface area contributed by atoms with E-state index in [-0.39, 0.29) is 5.41 Å². The van der Waals surface area contributed by atoms with E-state index >= 15 is 0 Å². The Morgan fingerprint density at radius 1 is 0.676 bits per heavy atom. The van der Waals surface area contributed by atoms with Gasteiger partial charge in [-0.05, 0) is 83.1 Å². The van der Waals surface area contributed by atoms with Crippen molar-refractivity contribution >= 4 is 0 Å². The molecule has 2 aromatic heterocycles. The Bertz CT molecular complexity index is 1490. The molecule has 0 amide bonds. The lowest BCUT2D eigenvalue weighted by Crippen LogP contribution is -2.24. The highest BCUT2D eigenvalue weighted by atomic mass is 16.5. The summed E-state index contributed by atoms with van der Waals surface area (Å²) in [7, 11) is 0. The molecule has 0 N–H and O–H groups in total. The van der Waals surface area contributed by atoms with Crippen molar-refractivity contribution in [1.82, 2.24) is 9.97 Å². The minimum Gasteiger partial charge on any atom is -0.439 e. The summed E-state index contributed by atoms with van der Waals surface area (Å²) in [5.74, 6) is 1.35. The van der Waals surface area contributed by atoms with Gasteiger partial charge in [-0.2, -0.15) is 0 Å². The first-order valence-electron chi connectivity index (χ1n) is 11.5. The van der Waals surface area contributed by atoms with Crippen LogP contribution in [0, 0.1) is 6.92 Å². The largest absolute Gasteiger partial charge is 0.439 e. The highest BCUT2D eigenvalue weighted by Gasteiger charge is 2.41. The molecule has 2 heterocycles. The van der Waals surface area contributed by atoms with Crippen molar-refractivity contribution in [2.75, 3.05) is 0 Å². The number of aromatic nitrogens is 2. The molecule has 1 aliphatic rings. The van der Waals surface area contributed by atoms with Crippen LogP contribution in [0.5, 0.6) is 11.6 Å². The molecule has 3 nitrogen and oxygen atoms in total. The molecule has 0 aliphatic heterocycles. The number of ether oxygens (including phenoxy) is 1. The van der Waals surface area contributed by atoms with E-state index in [2.05, 4.69) is 85.6 Å². The van der Waals surface area contributed by atoms with Crippen molar-refractivity contribution in [3.63, 3.8) is 0 Å². The number of aryl methyl sites for hydroxylation is 1. The molecule has 0 fully saturated rings. The fraction of sp³-hybridized carbons (Fsp3) is 0.0968. The number of nitrogens with zero attached hydrogens (tertiary/aromatic N) is 2. The maximum Gasteiger partial charge on any atom is 0.219 e. The van der Waals surface area contributed by atoms with Crippen LogP contribution < -0.4 is 4.74 Å². The van der Waals surface area contributed by atoms with Crippen molar-refractivity contribution < 1.29 is 4.74 Å². The molecule has 3 aromatic carbocycles. The number of pyridine rings is 2. The van der Waals surface area contributed by atoms with Gasteiger partial charge in [0.15, 0.2) is 0 Å². The molecule has 0 saturated heterocycles. The van der Waals surface area contributed by atoms with Gasteiger partial charge in [-0.15, -0.1) is 0 Å². The van der Waals surface area contributed by atoms with Gasteiger partial charge in [0.25, 0.3) is 0 Å². The lowest BCUT2D eigenvalue weighted by Gasteiger charge is -2.27. The zero-order chi connectivity index (χ0) is 23.1. The van der Waals surface area contributed by atoms with E-state index in [0.29, 0.717) is 5.88 Å². The predicted molar refractivity (Wildman–Crippen MR) is 136 cm³/mol. The smallest absolute Gasteiger partial charge is 0.219 e. The Balaban J connectivity index is 1.46. The summed E-state index contributed by atoms with van der Waals surface area (Å²) in [6, 6.07) is 33.6. The average molecular weight is 441 g/mol. The van der Waals surface area contributed by atoms with Crippen LogP contribution in [-0.2, 0) is 5.41 Å². The highest BCUT2D eigenvalue weighted by Crippen LogP contribution is 2.52. The van der Waals surface area contributed by atoms with Crippen molar-refractivity contribution in [2.24, 2.45) is 0 Å². The van der Waals surface area contributed by atoms with Crippen molar-refractivity contribution in [3.8, 4) is 33.9 Å². The quantitative estimate of drug-likeness (QED) is 0.289. The molecule has 1 atom stereocenters. The van der Waals surface area contributed by atoms with E-state index in [1.807, 2.05) is 36.5 Å². The molecule has 0 spiro atoms. The number of benzene rings is 3. The molecule has 0 bridgehead atoms. The fourth-order valence-corrected chi connectivity index (χ4v) is 4.98. The minimum atomic E-state index is -0.322. The Labute approximate surface area is 199 Å². The molecule has 0 radical (unpaired) electrons. The van der Waals surface area contributed by atoms with Gasteiger partial charge in [-0.3, -0.25) is 4.98 Å². The van der Waals surface area contributed by atoms with Crippen molar-refractivity contribution in [3.05, 3.63) is 132 Å². The van der Waals surface area contributed by atoms with Gasteiger partial charge in [0.1, 0.15) is 5.75 Å². The van der Waals surface area contributed by atoms with Crippen LogP contribution in [0.2, 0.25) is 0 Å². The summed E-state index contributed by atoms with van der Waals surface area (Å²) < 4.78 is 5.98. The van der Waals surface area contributed by atoms with Gasteiger partial charge in [-0.25, -0.2) is 4.98 Å². The van der Waals surface area contributed by atoms with E-state index in [1.54, 1.807) is 6.20 Å². The fourth-order valence-electron chi connectivity index (χ4n) is 4.98. The van der Waals surface area contributed by atoms with Gasteiger partial charge < -0.3 is 4.74 Å². The molecule has 1 aliphatic carbocycles. The summed E-state index contributed by atoms with van der Waals surface area (Å²) in [6.45, 7) is 4.37. The molecule has 34 heavy (non-hydrogen) atoms. The SMILES string of the molecule is Cc1ccc(C2(C)c3ccccc3-c3ccc(-c4cccc(Oc5ccccn5)c4)cc32)nc1. The monoisotopic (exact) mass is 440 g/mol. The second-order valence-electron chi connectivity index (χ2n) is 8.95. The Morgan fingerprint density at radius 2 is 1.50 bits per heavy atom. The third-order valence-electron chi connectivity index (χ3n) is 6.77. The van der Waals surface area contributed by atoms with Crippen LogP contribution in [0.15, 0.2) is 109 Å². The van der Waals surface area contributed by atoms with Crippen LogP contribution in [-0.4, -0.2) is 9.97 Å². The first-order valence-corrected chi connectivity index (χ1v) is 11.5. The molecule has 3 heteroatoms. The van der Waals surface area contributed by atoms with E-state index in [9.17, 15) is 0 Å². The van der Waals surface area contributed by atoms with E-state index in [1.165, 1.54) is 22.3 Å². The summed E-state index contributed by atoms with van der Waals surface area (Å²) in [5.41, 5.74) is 9.28. The average Bonchev–Trinajstić information content (AvgIpc) is 3.14. The number of hydrogen-bond acceptors (Lipinski definition) is 3. The molecular weight excluding hydrogens is 416 g/mol. The maximum absolute atomic E-state index is 5.98. The summed E-state index contributed by atoms with van der Waals surface area (Å²) in [6.07, 6.45) is 3.70. The predicted octanol–water partition coefficient (Wildman–Crippen LogP) is 7.58. The highest BCUT2D eigenvalue weighted by molar-refractivity contribution is 5.85. The van der Waals surface area contributed by atoms with Gasteiger partial charge in [-0.1, -0.05) is 60.7 Å². The van der Waals surface area contributed by atoms with Gasteiger partial charge in [0.2, 0.25) is 5.88 Å². The third-order valence-corrected chi connectivity index (χ3v) is 6.77. The lowest BCUT2D eigenvalue weighted by atomic mass is 9.76. The zero-order valence-electron chi connectivity index (χ0n) is 19.2. The summed E-state index contributed by atoms with van der Waals surface area (Å²) in [4.78, 5) is 9.14.